The number of fused-ring (bicyclic) bond motifs is 4. The standard InChI is InChI=1S/C17H14ClN2.ClH/c1-19-13-9-5-3-7-11(13)15(18)17-16(19)12-8-4-6-10-14(12)20(17)2;/h3-10H,1-2H3;1H/q+1;/p-1. The summed E-state index contributed by atoms with van der Waals surface area (Å²) in [5.41, 5.74) is 4.64. The second-order valence-corrected chi connectivity index (χ2v) is 5.54. The van der Waals surface area contributed by atoms with Crippen molar-refractivity contribution in [2.75, 3.05) is 0 Å². The van der Waals surface area contributed by atoms with Gasteiger partial charge in [-0.1, -0.05) is 35.9 Å². The minimum Gasteiger partial charge on any atom is -1.00 e. The van der Waals surface area contributed by atoms with Crippen molar-refractivity contribution in [2.24, 2.45) is 14.1 Å². The van der Waals surface area contributed by atoms with Gasteiger partial charge in [0.25, 0.3) is 0 Å². The van der Waals surface area contributed by atoms with E-state index in [1.54, 1.807) is 0 Å². The van der Waals surface area contributed by atoms with Gasteiger partial charge in [0.2, 0.25) is 11.0 Å². The first-order valence-electron chi connectivity index (χ1n) is 6.63. The molecule has 0 N–H and O–H groups in total. The van der Waals surface area contributed by atoms with Crippen molar-refractivity contribution in [2.45, 2.75) is 0 Å². The number of aryl methyl sites for hydroxylation is 2. The average molecular weight is 317 g/mol. The highest BCUT2D eigenvalue weighted by Gasteiger charge is 2.23. The number of pyridine rings is 1. The van der Waals surface area contributed by atoms with Crippen molar-refractivity contribution in [3.8, 4) is 0 Å². The Morgan fingerprint density at radius 1 is 0.952 bits per heavy atom. The number of benzene rings is 2. The molecule has 0 aliphatic rings. The van der Waals surface area contributed by atoms with E-state index in [1.165, 1.54) is 16.4 Å². The molecule has 0 saturated carbocycles. The molecule has 21 heavy (non-hydrogen) atoms. The van der Waals surface area contributed by atoms with E-state index in [4.69, 9.17) is 11.6 Å². The Hall–Kier alpha value is -1.77. The average Bonchev–Trinajstić information content (AvgIpc) is 2.79. The molecule has 0 radical (unpaired) electrons. The van der Waals surface area contributed by atoms with Crippen molar-refractivity contribution in [1.29, 1.82) is 0 Å². The summed E-state index contributed by atoms with van der Waals surface area (Å²) in [4.78, 5) is 0. The molecule has 0 unspecified atom stereocenters. The van der Waals surface area contributed by atoms with E-state index < -0.39 is 0 Å². The summed E-state index contributed by atoms with van der Waals surface area (Å²) >= 11 is 6.69. The molecular weight excluding hydrogens is 303 g/mol. The normalized spacial score (nSPS) is 11.2. The van der Waals surface area contributed by atoms with E-state index in [1.807, 2.05) is 6.07 Å². The minimum absolute atomic E-state index is 0. The fourth-order valence-electron chi connectivity index (χ4n) is 3.16. The zero-order valence-electron chi connectivity index (χ0n) is 11.8. The highest BCUT2D eigenvalue weighted by Crippen LogP contribution is 2.34. The molecular formula is C17H14Cl2N2. The molecule has 2 aromatic carbocycles. The Kier molecular flexibility index (Phi) is 3.31. The molecule has 0 aliphatic heterocycles. The molecule has 0 bridgehead atoms. The number of nitrogens with zero attached hydrogens (tertiary/aromatic N) is 2. The number of hydrogen-bond donors (Lipinski definition) is 0. The molecule has 0 aliphatic carbocycles. The Labute approximate surface area is 134 Å². The molecule has 0 spiro atoms. The molecule has 106 valence electrons. The molecule has 2 aromatic heterocycles. The van der Waals surface area contributed by atoms with Crippen LogP contribution in [0.25, 0.3) is 32.8 Å². The van der Waals surface area contributed by atoms with Gasteiger partial charge in [-0.2, -0.15) is 4.57 Å². The molecule has 0 amide bonds. The highest BCUT2D eigenvalue weighted by molar-refractivity contribution is 6.40. The largest absolute Gasteiger partial charge is 1.00 e. The molecule has 4 rings (SSSR count). The van der Waals surface area contributed by atoms with Crippen molar-refractivity contribution in [3.63, 3.8) is 0 Å². The summed E-state index contributed by atoms with van der Waals surface area (Å²) in [7, 11) is 4.18. The quantitative estimate of drug-likeness (QED) is 0.427. The molecule has 2 heterocycles. The first-order valence-corrected chi connectivity index (χ1v) is 7.01. The first-order chi connectivity index (χ1) is 9.70. The van der Waals surface area contributed by atoms with Crippen molar-refractivity contribution < 1.29 is 17.0 Å². The fourth-order valence-corrected chi connectivity index (χ4v) is 3.54. The third-order valence-corrected chi connectivity index (χ3v) is 4.51. The summed E-state index contributed by atoms with van der Waals surface area (Å²) in [5.74, 6) is 0. The molecule has 4 heteroatoms. The van der Waals surface area contributed by atoms with Crippen LogP contribution in [0.3, 0.4) is 0 Å². The zero-order chi connectivity index (χ0) is 13.9. The summed E-state index contributed by atoms with van der Waals surface area (Å²) in [6, 6.07) is 16.7. The molecule has 0 atom stereocenters. The maximum Gasteiger partial charge on any atom is 0.240 e. The smallest absolute Gasteiger partial charge is 0.240 e. The van der Waals surface area contributed by atoms with Crippen LogP contribution in [0.2, 0.25) is 5.02 Å². The number of halogens is 2. The van der Waals surface area contributed by atoms with Crippen LogP contribution in [0.4, 0.5) is 0 Å². The van der Waals surface area contributed by atoms with E-state index in [-0.39, 0.29) is 12.4 Å². The molecule has 2 nitrogen and oxygen atoms in total. The number of rotatable bonds is 0. The lowest BCUT2D eigenvalue weighted by Crippen LogP contribution is -3.00. The van der Waals surface area contributed by atoms with Gasteiger partial charge in [-0.05, 0) is 18.2 Å². The van der Waals surface area contributed by atoms with Crippen LogP contribution < -0.4 is 17.0 Å². The maximum absolute atomic E-state index is 6.69. The van der Waals surface area contributed by atoms with Gasteiger partial charge >= 0.3 is 0 Å². The number of para-hydroxylation sites is 2. The van der Waals surface area contributed by atoms with Gasteiger partial charge < -0.3 is 17.0 Å². The van der Waals surface area contributed by atoms with Gasteiger partial charge in [0.05, 0.1) is 21.3 Å². The fraction of sp³-hybridized carbons (Fsp3) is 0.118. The number of hydrogen-bond acceptors (Lipinski definition) is 0. The van der Waals surface area contributed by atoms with Crippen LogP contribution in [-0.2, 0) is 14.1 Å². The van der Waals surface area contributed by atoms with Gasteiger partial charge in [-0.3, -0.25) is 0 Å². The van der Waals surface area contributed by atoms with Gasteiger partial charge in [0.15, 0.2) is 0 Å². The summed E-state index contributed by atoms with van der Waals surface area (Å²) < 4.78 is 4.42. The van der Waals surface area contributed by atoms with E-state index in [0.717, 1.165) is 21.4 Å². The third-order valence-electron chi connectivity index (χ3n) is 4.13. The zero-order valence-corrected chi connectivity index (χ0v) is 13.3. The number of aromatic nitrogens is 2. The second-order valence-electron chi connectivity index (χ2n) is 5.16. The molecule has 0 fully saturated rings. The van der Waals surface area contributed by atoms with E-state index in [9.17, 15) is 0 Å². The predicted octanol–water partition coefficient (Wildman–Crippen LogP) is 0.967. The lowest BCUT2D eigenvalue weighted by Gasteiger charge is -2.03. The van der Waals surface area contributed by atoms with Crippen LogP contribution in [0.15, 0.2) is 48.5 Å². The Bertz CT molecular complexity index is 987. The summed E-state index contributed by atoms with van der Waals surface area (Å²) in [5, 5.41) is 3.16. The summed E-state index contributed by atoms with van der Waals surface area (Å²) in [6.45, 7) is 0. The first kappa shape index (κ1) is 14.2. The minimum atomic E-state index is 0. The van der Waals surface area contributed by atoms with Gasteiger partial charge in [-0.15, -0.1) is 0 Å². The van der Waals surface area contributed by atoms with Gasteiger partial charge in [0, 0.05) is 13.1 Å². The van der Waals surface area contributed by atoms with Crippen LogP contribution in [0.5, 0.6) is 0 Å². The van der Waals surface area contributed by atoms with E-state index in [0.29, 0.717) is 0 Å². The molecule has 4 aromatic rings. The molecule has 0 saturated heterocycles. The Morgan fingerprint density at radius 2 is 1.57 bits per heavy atom. The van der Waals surface area contributed by atoms with Crippen molar-refractivity contribution in [1.82, 2.24) is 4.57 Å². The van der Waals surface area contributed by atoms with Gasteiger partial charge in [-0.25, -0.2) is 0 Å². The summed E-state index contributed by atoms with van der Waals surface area (Å²) in [6.07, 6.45) is 0. The third kappa shape index (κ3) is 1.76. The van der Waals surface area contributed by atoms with Crippen LogP contribution in [0, 0.1) is 0 Å². The maximum atomic E-state index is 6.69. The van der Waals surface area contributed by atoms with E-state index >= 15 is 0 Å². The van der Waals surface area contributed by atoms with Crippen molar-refractivity contribution in [3.05, 3.63) is 53.6 Å². The SMILES string of the molecule is Cn1c2ccccc2c2c1c(Cl)c1ccccc1[n+]2C.[Cl-]. The van der Waals surface area contributed by atoms with Crippen LogP contribution in [-0.4, -0.2) is 4.57 Å². The predicted molar refractivity (Wildman–Crippen MR) is 84.1 cm³/mol. The Morgan fingerprint density at radius 3 is 2.33 bits per heavy atom. The highest BCUT2D eigenvalue weighted by atomic mass is 35.5. The lowest BCUT2D eigenvalue weighted by molar-refractivity contribution is -0.616. The van der Waals surface area contributed by atoms with Crippen molar-refractivity contribution >= 4 is 44.4 Å². The second kappa shape index (κ2) is 4.90. The van der Waals surface area contributed by atoms with Gasteiger partial charge in [0.1, 0.15) is 12.6 Å². The monoisotopic (exact) mass is 316 g/mol. The van der Waals surface area contributed by atoms with E-state index in [2.05, 4.69) is 65.7 Å². The van der Waals surface area contributed by atoms with Crippen LogP contribution >= 0.6 is 11.6 Å². The Balaban J connectivity index is 0.00000132. The topological polar surface area (TPSA) is 8.81 Å². The lowest BCUT2D eigenvalue weighted by atomic mass is 10.1. The van der Waals surface area contributed by atoms with Crippen LogP contribution in [0.1, 0.15) is 0 Å².